The van der Waals surface area contributed by atoms with Crippen molar-refractivity contribution in [1.82, 2.24) is 0 Å². The Hall–Kier alpha value is -0.880. The highest BCUT2D eigenvalue weighted by Crippen LogP contribution is 2.30. The lowest BCUT2D eigenvalue weighted by Gasteiger charge is -1.99. The number of hydrogen-bond acceptors (Lipinski definition) is 2. The van der Waals surface area contributed by atoms with E-state index in [0.717, 1.165) is 0 Å². The summed E-state index contributed by atoms with van der Waals surface area (Å²) < 4.78 is 4.44. The molecule has 1 rings (SSSR count). The summed E-state index contributed by atoms with van der Waals surface area (Å²) in [6, 6.07) is 3.17. The monoisotopic (exact) mass is 276 g/mol. The molecule has 0 aliphatic rings. The fourth-order valence-electron chi connectivity index (χ4n) is 0.918. The number of benzene rings is 1. The van der Waals surface area contributed by atoms with Crippen LogP contribution in [0.15, 0.2) is 12.1 Å². The molecule has 0 heterocycles. The SMILES string of the molecule is COC(=O)CC#Cc1cc(Cl)c(Cl)c(Cl)c1. The third-order valence-corrected chi connectivity index (χ3v) is 2.87. The van der Waals surface area contributed by atoms with E-state index in [-0.39, 0.29) is 6.42 Å². The van der Waals surface area contributed by atoms with Gasteiger partial charge in [-0.05, 0) is 12.1 Å². The summed E-state index contributed by atoms with van der Waals surface area (Å²) in [4.78, 5) is 10.8. The molecule has 0 saturated carbocycles. The molecule has 0 aromatic heterocycles. The van der Waals surface area contributed by atoms with Crippen LogP contribution in [0.4, 0.5) is 0 Å². The van der Waals surface area contributed by atoms with Gasteiger partial charge in [-0.15, -0.1) is 0 Å². The lowest BCUT2D eigenvalue weighted by atomic mass is 10.2. The molecule has 16 heavy (non-hydrogen) atoms. The van der Waals surface area contributed by atoms with Crippen molar-refractivity contribution >= 4 is 40.8 Å². The molecule has 0 atom stereocenters. The number of ether oxygens (including phenoxy) is 1. The molecule has 1 aromatic carbocycles. The second-order valence-corrected chi connectivity index (χ2v) is 4.00. The third-order valence-electron chi connectivity index (χ3n) is 1.68. The van der Waals surface area contributed by atoms with Gasteiger partial charge in [-0.3, -0.25) is 4.79 Å². The van der Waals surface area contributed by atoms with E-state index < -0.39 is 5.97 Å². The lowest BCUT2D eigenvalue weighted by molar-refractivity contribution is -0.139. The molecule has 0 fully saturated rings. The zero-order valence-corrected chi connectivity index (χ0v) is 10.6. The Morgan fingerprint density at radius 2 is 1.88 bits per heavy atom. The molecule has 0 saturated heterocycles. The van der Waals surface area contributed by atoms with Crippen LogP contribution in [0, 0.1) is 11.8 Å². The average Bonchev–Trinajstić information content (AvgIpc) is 2.25. The van der Waals surface area contributed by atoms with Crippen LogP contribution in [0.3, 0.4) is 0 Å². The minimum absolute atomic E-state index is 0.0222. The molecule has 0 spiro atoms. The van der Waals surface area contributed by atoms with Gasteiger partial charge in [-0.2, -0.15) is 0 Å². The molecule has 84 valence electrons. The van der Waals surface area contributed by atoms with Crippen LogP contribution >= 0.6 is 34.8 Å². The number of carbonyl (C=O) groups is 1. The maximum atomic E-state index is 10.8. The highest BCUT2D eigenvalue weighted by Gasteiger charge is 2.04. The van der Waals surface area contributed by atoms with E-state index in [1.165, 1.54) is 7.11 Å². The Morgan fingerprint density at radius 1 is 1.31 bits per heavy atom. The molecule has 0 unspecified atom stereocenters. The number of rotatable bonds is 1. The van der Waals surface area contributed by atoms with Crippen LogP contribution < -0.4 is 0 Å². The van der Waals surface area contributed by atoms with E-state index in [0.29, 0.717) is 20.6 Å². The number of halogens is 3. The number of esters is 1. The Morgan fingerprint density at radius 3 is 2.38 bits per heavy atom. The zero-order chi connectivity index (χ0) is 12.1. The first-order valence-corrected chi connectivity index (χ1v) is 5.38. The quantitative estimate of drug-likeness (QED) is 0.446. The predicted octanol–water partition coefficient (Wildman–Crippen LogP) is 3.56. The van der Waals surface area contributed by atoms with Crippen LogP contribution in [0.5, 0.6) is 0 Å². The molecule has 0 bridgehead atoms. The van der Waals surface area contributed by atoms with Crippen molar-refractivity contribution in [2.45, 2.75) is 6.42 Å². The number of methoxy groups -OCH3 is 1. The number of hydrogen-bond donors (Lipinski definition) is 0. The van der Waals surface area contributed by atoms with Gasteiger partial charge in [0.05, 0.1) is 22.2 Å². The van der Waals surface area contributed by atoms with Crippen molar-refractivity contribution in [2.24, 2.45) is 0 Å². The van der Waals surface area contributed by atoms with Crippen LogP contribution in [-0.4, -0.2) is 13.1 Å². The molecule has 0 amide bonds. The molecular weight excluding hydrogens is 270 g/mol. The second-order valence-electron chi connectivity index (χ2n) is 2.81. The first-order valence-electron chi connectivity index (χ1n) is 4.25. The zero-order valence-electron chi connectivity index (χ0n) is 8.31. The van der Waals surface area contributed by atoms with Crippen molar-refractivity contribution in [3.05, 3.63) is 32.8 Å². The summed E-state index contributed by atoms with van der Waals surface area (Å²) in [7, 11) is 1.31. The van der Waals surface area contributed by atoms with E-state index in [9.17, 15) is 4.79 Å². The normalized spacial score (nSPS) is 9.25. The molecule has 0 aliphatic carbocycles. The maximum absolute atomic E-state index is 10.8. The van der Waals surface area contributed by atoms with Gasteiger partial charge < -0.3 is 4.74 Å². The predicted molar refractivity (Wildman–Crippen MR) is 65.0 cm³/mol. The Balaban J connectivity index is 2.86. The molecule has 2 nitrogen and oxygen atoms in total. The topological polar surface area (TPSA) is 26.3 Å². The second kappa shape index (κ2) is 6.00. The highest BCUT2D eigenvalue weighted by molar-refractivity contribution is 6.48. The van der Waals surface area contributed by atoms with Crippen molar-refractivity contribution in [3.8, 4) is 11.8 Å². The Kier molecular flexibility index (Phi) is 4.95. The van der Waals surface area contributed by atoms with Crippen molar-refractivity contribution in [2.75, 3.05) is 7.11 Å². The fourth-order valence-corrected chi connectivity index (χ4v) is 1.51. The van der Waals surface area contributed by atoms with E-state index in [1.54, 1.807) is 12.1 Å². The standard InChI is InChI=1S/C11H7Cl3O2/c1-16-10(15)4-2-3-7-5-8(12)11(14)9(13)6-7/h5-6H,4H2,1H3. The van der Waals surface area contributed by atoms with Gasteiger partial charge in [0.1, 0.15) is 6.42 Å². The maximum Gasteiger partial charge on any atom is 0.317 e. The molecule has 0 radical (unpaired) electrons. The van der Waals surface area contributed by atoms with Crippen LogP contribution in [-0.2, 0) is 9.53 Å². The van der Waals surface area contributed by atoms with Gasteiger partial charge in [-0.1, -0.05) is 46.6 Å². The largest absolute Gasteiger partial charge is 0.468 e. The van der Waals surface area contributed by atoms with E-state index in [2.05, 4.69) is 16.6 Å². The molecule has 0 N–H and O–H groups in total. The van der Waals surface area contributed by atoms with Gasteiger partial charge in [0.2, 0.25) is 0 Å². The lowest BCUT2D eigenvalue weighted by Crippen LogP contribution is -1.97. The fraction of sp³-hybridized carbons (Fsp3) is 0.182. The van der Waals surface area contributed by atoms with Gasteiger partial charge in [0.25, 0.3) is 0 Å². The van der Waals surface area contributed by atoms with E-state index in [1.807, 2.05) is 0 Å². The summed E-state index contributed by atoms with van der Waals surface area (Å²) in [5, 5.41) is 0.954. The summed E-state index contributed by atoms with van der Waals surface area (Å²) >= 11 is 17.4. The minimum atomic E-state index is -0.390. The van der Waals surface area contributed by atoms with E-state index >= 15 is 0 Å². The van der Waals surface area contributed by atoms with Crippen molar-refractivity contribution in [3.63, 3.8) is 0 Å². The Labute approximate surface area is 108 Å². The summed E-state index contributed by atoms with van der Waals surface area (Å²) in [5.41, 5.74) is 0.600. The van der Waals surface area contributed by atoms with Crippen LogP contribution in [0.2, 0.25) is 15.1 Å². The van der Waals surface area contributed by atoms with Gasteiger partial charge in [-0.25, -0.2) is 0 Å². The van der Waals surface area contributed by atoms with Crippen LogP contribution in [0.1, 0.15) is 12.0 Å². The Bertz CT molecular complexity index is 449. The third kappa shape index (κ3) is 3.61. The highest BCUT2D eigenvalue weighted by atomic mass is 35.5. The summed E-state index contributed by atoms with van der Waals surface area (Å²) in [6.07, 6.45) is 0.0222. The van der Waals surface area contributed by atoms with Gasteiger partial charge in [0, 0.05) is 5.56 Å². The van der Waals surface area contributed by atoms with E-state index in [4.69, 9.17) is 34.8 Å². The molecular formula is C11H7Cl3O2. The average molecular weight is 278 g/mol. The molecule has 0 aliphatic heterocycles. The number of carbonyl (C=O) groups excluding carboxylic acids is 1. The van der Waals surface area contributed by atoms with Crippen molar-refractivity contribution in [1.29, 1.82) is 0 Å². The van der Waals surface area contributed by atoms with Crippen LogP contribution in [0.25, 0.3) is 0 Å². The van der Waals surface area contributed by atoms with Gasteiger partial charge in [0.15, 0.2) is 0 Å². The molecule has 5 heteroatoms. The summed E-state index contributed by atoms with van der Waals surface area (Å²) in [6.45, 7) is 0. The first-order chi connectivity index (χ1) is 7.54. The van der Waals surface area contributed by atoms with Gasteiger partial charge >= 0.3 is 5.97 Å². The first kappa shape index (κ1) is 13.2. The minimum Gasteiger partial charge on any atom is -0.468 e. The smallest absolute Gasteiger partial charge is 0.317 e. The van der Waals surface area contributed by atoms with Crippen molar-refractivity contribution < 1.29 is 9.53 Å². The summed E-state index contributed by atoms with van der Waals surface area (Å²) in [5.74, 6) is 4.99. The molecule has 1 aromatic rings.